The maximum Gasteiger partial charge on any atom is 0.0233 e. The first-order valence-electron chi connectivity index (χ1n) is 6.55. The van der Waals surface area contributed by atoms with Crippen LogP contribution in [-0.4, -0.2) is 24.5 Å². The second-order valence-corrected chi connectivity index (χ2v) is 5.72. The predicted molar refractivity (Wildman–Crippen MR) is 72.9 cm³/mol. The standard InChI is InChI=1S/C15H24N2/c1-11-4-5-12(2)14(6-11)10-17(3)9-13-7-15(16)8-13/h4-6,13,15H,7-10,16H2,1-3H3. The van der Waals surface area contributed by atoms with Crippen LogP contribution >= 0.6 is 0 Å². The van der Waals surface area contributed by atoms with Gasteiger partial charge in [0.2, 0.25) is 0 Å². The van der Waals surface area contributed by atoms with Crippen molar-refractivity contribution in [3.05, 3.63) is 34.9 Å². The van der Waals surface area contributed by atoms with Gasteiger partial charge in [-0.05, 0) is 50.8 Å². The number of rotatable bonds is 4. The number of hydrogen-bond acceptors (Lipinski definition) is 2. The van der Waals surface area contributed by atoms with Gasteiger partial charge in [0.05, 0.1) is 0 Å². The van der Waals surface area contributed by atoms with Crippen LogP contribution in [0.4, 0.5) is 0 Å². The number of hydrogen-bond donors (Lipinski definition) is 1. The van der Waals surface area contributed by atoms with Crippen molar-refractivity contribution < 1.29 is 0 Å². The van der Waals surface area contributed by atoms with Crippen LogP contribution in [-0.2, 0) is 6.54 Å². The Morgan fingerprint density at radius 2 is 2.00 bits per heavy atom. The van der Waals surface area contributed by atoms with Crippen LogP contribution in [0.2, 0.25) is 0 Å². The largest absolute Gasteiger partial charge is 0.328 e. The highest BCUT2D eigenvalue weighted by Gasteiger charge is 2.26. The second kappa shape index (κ2) is 5.19. The molecule has 2 rings (SSSR count). The van der Waals surface area contributed by atoms with E-state index in [-0.39, 0.29) is 0 Å². The summed E-state index contributed by atoms with van der Waals surface area (Å²) in [6.45, 7) is 6.59. The summed E-state index contributed by atoms with van der Waals surface area (Å²) in [4.78, 5) is 2.43. The molecular weight excluding hydrogens is 208 g/mol. The Labute approximate surface area is 105 Å². The topological polar surface area (TPSA) is 29.3 Å². The molecule has 0 amide bonds. The van der Waals surface area contributed by atoms with Crippen LogP contribution in [0.15, 0.2) is 18.2 Å². The minimum Gasteiger partial charge on any atom is -0.328 e. The van der Waals surface area contributed by atoms with Crippen molar-refractivity contribution in [3.63, 3.8) is 0 Å². The molecule has 2 nitrogen and oxygen atoms in total. The van der Waals surface area contributed by atoms with Gasteiger partial charge in [0.25, 0.3) is 0 Å². The molecule has 0 atom stereocenters. The van der Waals surface area contributed by atoms with Gasteiger partial charge in [0, 0.05) is 19.1 Å². The lowest BCUT2D eigenvalue weighted by atomic mass is 9.80. The molecule has 1 saturated carbocycles. The maximum absolute atomic E-state index is 5.82. The number of benzene rings is 1. The minimum atomic E-state index is 0.467. The average Bonchev–Trinajstić information content (AvgIpc) is 2.21. The lowest BCUT2D eigenvalue weighted by Gasteiger charge is -2.35. The van der Waals surface area contributed by atoms with Gasteiger partial charge in [-0.1, -0.05) is 23.8 Å². The first-order valence-corrected chi connectivity index (χ1v) is 6.55. The zero-order valence-corrected chi connectivity index (χ0v) is 11.2. The summed E-state index contributed by atoms with van der Waals surface area (Å²) in [5, 5.41) is 0. The van der Waals surface area contributed by atoms with Crippen LogP contribution in [0.5, 0.6) is 0 Å². The molecule has 0 heterocycles. The van der Waals surface area contributed by atoms with Crippen LogP contribution in [0, 0.1) is 19.8 Å². The van der Waals surface area contributed by atoms with Crippen molar-refractivity contribution in [3.8, 4) is 0 Å². The van der Waals surface area contributed by atoms with Crippen molar-refractivity contribution in [2.45, 2.75) is 39.3 Å². The van der Waals surface area contributed by atoms with Crippen LogP contribution < -0.4 is 5.73 Å². The van der Waals surface area contributed by atoms with Crippen molar-refractivity contribution in [2.24, 2.45) is 11.7 Å². The van der Waals surface area contributed by atoms with E-state index < -0.39 is 0 Å². The lowest BCUT2D eigenvalue weighted by molar-refractivity contribution is 0.178. The Morgan fingerprint density at radius 1 is 1.29 bits per heavy atom. The molecule has 2 N–H and O–H groups in total. The third-order valence-electron chi connectivity index (χ3n) is 3.79. The van der Waals surface area contributed by atoms with Gasteiger partial charge in [-0.2, -0.15) is 0 Å². The summed E-state index contributed by atoms with van der Waals surface area (Å²) < 4.78 is 0. The average molecular weight is 232 g/mol. The van der Waals surface area contributed by atoms with E-state index in [4.69, 9.17) is 5.73 Å². The smallest absolute Gasteiger partial charge is 0.0233 e. The molecule has 0 unspecified atom stereocenters. The first kappa shape index (κ1) is 12.6. The van der Waals surface area contributed by atoms with E-state index in [1.54, 1.807) is 0 Å². The monoisotopic (exact) mass is 232 g/mol. The zero-order chi connectivity index (χ0) is 12.4. The van der Waals surface area contributed by atoms with Gasteiger partial charge in [-0.25, -0.2) is 0 Å². The summed E-state index contributed by atoms with van der Waals surface area (Å²) in [5.41, 5.74) is 10.0. The van der Waals surface area contributed by atoms with Crippen molar-refractivity contribution in [1.29, 1.82) is 0 Å². The number of nitrogens with zero attached hydrogens (tertiary/aromatic N) is 1. The molecule has 1 aromatic rings. The molecule has 17 heavy (non-hydrogen) atoms. The van der Waals surface area contributed by atoms with E-state index in [1.807, 2.05) is 0 Å². The van der Waals surface area contributed by atoms with Gasteiger partial charge in [0.1, 0.15) is 0 Å². The van der Waals surface area contributed by atoms with Gasteiger partial charge in [-0.3, -0.25) is 0 Å². The van der Waals surface area contributed by atoms with Gasteiger partial charge in [0.15, 0.2) is 0 Å². The SMILES string of the molecule is Cc1ccc(C)c(CN(C)CC2CC(N)C2)c1. The molecule has 94 valence electrons. The molecule has 0 bridgehead atoms. The van der Waals surface area contributed by atoms with Gasteiger partial charge >= 0.3 is 0 Å². The van der Waals surface area contributed by atoms with Crippen molar-refractivity contribution in [2.75, 3.05) is 13.6 Å². The fourth-order valence-electron chi connectivity index (χ4n) is 2.70. The highest BCUT2D eigenvalue weighted by Crippen LogP contribution is 2.26. The summed E-state index contributed by atoms with van der Waals surface area (Å²) in [7, 11) is 2.21. The second-order valence-electron chi connectivity index (χ2n) is 5.72. The first-order chi connectivity index (χ1) is 8.04. The normalized spacial score (nSPS) is 23.8. The molecule has 1 aliphatic rings. The van der Waals surface area contributed by atoms with Crippen LogP contribution in [0.1, 0.15) is 29.5 Å². The molecule has 0 aromatic heterocycles. The Hall–Kier alpha value is -0.860. The summed E-state index contributed by atoms with van der Waals surface area (Å²) in [5.74, 6) is 0.820. The van der Waals surface area contributed by atoms with E-state index in [2.05, 4.69) is 44.0 Å². The quantitative estimate of drug-likeness (QED) is 0.864. The van der Waals surface area contributed by atoms with Gasteiger partial charge in [-0.15, -0.1) is 0 Å². The third kappa shape index (κ3) is 3.30. The Balaban J connectivity index is 1.89. The molecular formula is C15H24N2. The molecule has 0 radical (unpaired) electrons. The molecule has 1 aromatic carbocycles. The Bertz CT molecular complexity index is 381. The highest BCUT2D eigenvalue weighted by molar-refractivity contribution is 5.30. The molecule has 0 saturated heterocycles. The van der Waals surface area contributed by atoms with Crippen LogP contribution in [0.25, 0.3) is 0 Å². The van der Waals surface area contributed by atoms with Gasteiger partial charge < -0.3 is 10.6 Å². The van der Waals surface area contributed by atoms with Crippen molar-refractivity contribution in [1.82, 2.24) is 4.90 Å². The highest BCUT2D eigenvalue weighted by atomic mass is 15.1. The fourth-order valence-corrected chi connectivity index (χ4v) is 2.70. The zero-order valence-electron chi connectivity index (χ0n) is 11.2. The van der Waals surface area contributed by atoms with E-state index >= 15 is 0 Å². The minimum absolute atomic E-state index is 0.467. The molecule has 1 fully saturated rings. The lowest BCUT2D eigenvalue weighted by Crippen LogP contribution is -2.41. The molecule has 1 aliphatic carbocycles. The molecule has 2 heteroatoms. The summed E-state index contributed by atoms with van der Waals surface area (Å²) in [6, 6.07) is 7.17. The summed E-state index contributed by atoms with van der Waals surface area (Å²) >= 11 is 0. The Morgan fingerprint density at radius 3 is 2.65 bits per heavy atom. The number of aryl methyl sites for hydroxylation is 2. The number of nitrogens with two attached hydrogens (primary N) is 1. The Kier molecular flexibility index (Phi) is 3.85. The van der Waals surface area contributed by atoms with E-state index in [0.717, 1.165) is 12.5 Å². The molecule has 0 aliphatic heterocycles. The maximum atomic E-state index is 5.82. The fraction of sp³-hybridized carbons (Fsp3) is 0.600. The van der Waals surface area contributed by atoms with E-state index in [1.165, 1.54) is 36.1 Å². The van der Waals surface area contributed by atoms with E-state index in [9.17, 15) is 0 Å². The molecule has 0 spiro atoms. The third-order valence-corrected chi connectivity index (χ3v) is 3.79. The predicted octanol–water partition coefficient (Wildman–Crippen LogP) is 2.47. The van der Waals surface area contributed by atoms with Crippen molar-refractivity contribution >= 4 is 0 Å². The van der Waals surface area contributed by atoms with Crippen LogP contribution in [0.3, 0.4) is 0 Å². The summed E-state index contributed by atoms with van der Waals surface area (Å²) in [6.07, 6.45) is 2.41. The van der Waals surface area contributed by atoms with E-state index in [0.29, 0.717) is 6.04 Å².